The van der Waals surface area contributed by atoms with Crippen LogP contribution in [0, 0.1) is 17.0 Å². The Balaban J connectivity index is 1.35. The number of aliphatic imine (C=N–C) groups is 1. The van der Waals surface area contributed by atoms with E-state index in [4.69, 9.17) is 19.9 Å². The predicted molar refractivity (Wildman–Crippen MR) is 163 cm³/mol. The van der Waals surface area contributed by atoms with Gasteiger partial charge in [0.05, 0.1) is 30.9 Å². The molecule has 0 unspecified atom stereocenters. The lowest BCUT2D eigenvalue weighted by Crippen LogP contribution is -2.48. The Kier molecular flexibility index (Phi) is 8.45. The second kappa shape index (κ2) is 12.1. The van der Waals surface area contributed by atoms with Gasteiger partial charge in [0.1, 0.15) is 11.6 Å². The van der Waals surface area contributed by atoms with Gasteiger partial charge < -0.3 is 35.1 Å². The highest BCUT2D eigenvalue weighted by molar-refractivity contribution is 5.95. The second-order valence-electron chi connectivity index (χ2n) is 11.8. The number of nitrogen functional groups attached to an aromatic ring is 1. The third kappa shape index (κ3) is 6.67. The highest BCUT2D eigenvalue weighted by atomic mass is 19.1. The molecule has 228 valence electrons. The van der Waals surface area contributed by atoms with E-state index in [1.165, 1.54) is 0 Å². The fourth-order valence-corrected chi connectivity index (χ4v) is 5.18. The van der Waals surface area contributed by atoms with Gasteiger partial charge >= 0.3 is 0 Å². The molecule has 3 aromatic rings. The van der Waals surface area contributed by atoms with Crippen LogP contribution in [0.2, 0.25) is 0 Å². The Morgan fingerprint density at radius 1 is 1.16 bits per heavy atom. The number of aromatic amines is 1. The number of rotatable bonds is 6. The van der Waals surface area contributed by atoms with Crippen LogP contribution < -0.4 is 15.8 Å². The molecule has 0 spiro atoms. The summed E-state index contributed by atoms with van der Waals surface area (Å²) in [6.07, 6.45) is 3.20. The number of nitrogens with two attached hydrogens (primary N) is 1. The summed E-state index contributed by atoms with van der Waals surface area (Å²) in [5.74, 6) is -2.06. The molecular formula is C32H37F2N5O4. The molecule has 43 heavy (non-hydrogen) atoms. The summed E-state index contributed by atoms with van der Waals surface area (Å²) in [7, 11) is 0. The van der Waals surface area contributed by atoms with Crippen molar-refractivity contribution in [3.05, 3.63) is 71.4 Å². The minimum absolute atomic E-state index is 0.0355. The van der Waals surface area contributed by atoms with Crippen molar-refractivity contribution in [1.82, 2.24) is 9.88 Å². The van der Waals surface area contributed by atoms with E-state index in [1.807, 2.05) is 27.7 Å². The molecule has 0 aliphatic carbocycles. The molecule has 4 N–H and O–H groups in total. The zero-order chi connectivity index (χ0) is 30.9. The molecule has 2 aliphatic heterocycles. The Morgan fingerprint density at radius 3 is 2.40 bits per heavy atom. The molecule has 0 radical (unpaired) electrons. The lowest BCUT2D eigenvalue weighted by molar-refractivity contribution is -0.0586. The number of nitrogens with zero attached hydrogens (tertiary/aromatic N) is 2. The van der Waals surface area contributed by atoms with Crippen molar-refractivity contribution < 1.29 is 27.8 Å². The second-order valence-corrected chi connectivity index (χ2v) is 11.8. The van der Waals surface area contributed by atoms with Gasteiger partial charge in [-0.15, -0.1) is 0 Å². The Bertz CT molecular complexity index is 1530. The molecule has 1 fully saturated rings. The van der Waals surface area contributed by atoms with Crippen LogP contribution in [0.4, 0.5) is 20.3 Å². The first-order valence-electron chi connectivity index (χ1n) is 14.2. The van der Waals surface area contributed by atoms with E-state index < -0.39 is 17.4 Å². The topological polar surface area (TPSA) is 114 Å². The van der Waals surface area contributed by atoms with Crippen LogP contribution in [0.5, 0.6) is 5.75 Å². The first kappa shape index (κ1) is 30.1. The van der Waals surface area contributed by atoms with Crippen molar-refractivity contribution >= 4 is 29.2 Å². The van der Waals surface area contributed by atoms with E-state index in [9.17, 15) is 4.79 Å². The molecule has 1 amide bonds. The number of allylic oxidation sites excluding steroid dienone is 1. The summed E-state index contributed by atoms with van der Waals surface area (Å²) in [5, 5.41) is 2.82. The van der Waals surface area contributed by atoms with Gasteiger partial charge in [0, 0.05) is 53.6 Å². The minimum Gasteiger partial charge on any atom is -0.464 e. The first-order chi connectivity index (χ1) is 20.4. The quantitative estimate of drug-likeness (QED) is 0.300. The maximum atomic E-state index is 15.2. The largest absolute Gasteiger partial charge is 0.464 e. The molecule has 11 heteroatoms. The number of amidine groups is 1. The SMILES string of the molecule is C/C=C(/Oc1c(F)cc(NC2=NCC(C)(C)CO2)cc1F)c1c(-c2ccc(C(=O)N3C[C@@H](C)O[C@@H](C)C3)cc2)c[nH]c1N. The molecule has 5 rings (SSSR count). The fraction of sp³-hybridized carbons (Fsp3) is 0.375. The van der Waals surface area contributed by atoms with Crippen LogP contribution in [-0.2, 0) is 9.47 Å². The number of H-pyrrole nitrogens is 1. The normalized spacial score (nSPS) is 20.3. The summed E-state index contributed by atoms with van der Waals surface area (Å²) < 4.78 is 47.5. The van der Waals surface area contributed by atoms with Crippen molar-refractivity contribution in [2.45, 2.75) is 46.8 Å². The minimum atomic E-state index is -0.913. The van der Waals surface area contributed by atoms with Crippen molar-refractivity contribution in [1.29, 1.82) is 0 Å². The number of morpholine rings is 1. The summed E-state index contributed by atoms with van der Waals surface area (Å²) in [6, 6.07) is 9.54. The average Bonchev–Trinajstić information content (AvgIpc) is 3.34. The van der Waals surface area contributed by atoms with E-state index in [0.29, 0.717) is 42.9 Å². The van der Waals surface area contributed by atoms with Gasteiger partial charge in [-0.05, 0) is 44.5 Å². The third-order valence-corrected chi connectivity index (χ3v) is 7.28. The summed E-state index contributed by atoms with van der Waals surface area (Å²) in [5.41, 5.74) is 8.66. The molecule has 1 saturated heterocycles. The Labute approximate surface area is 249 Å². The average molecular weight is 594 g/mol. The Morgan fingerprint density at radius 2 is 1.81 bits per heavy atom. The molecule has 1 aromatic heterocycles. The number of ether oxygens (including phenoxy) is 3. The number of benzene rings is 2. The molecule has 0 saturated carbocycles. The van der Waals surface area contributed by atoms with E-state index in [-0.39, 0.29) is 46.8 Å². The molecular weight excluding hydrogens is 556 g/mol. The lowest BCUT2D eigenvalue weighted by Gasteiger charge is -2.35. The fourth-order valence-electron chi connectivity index (χ4n) is 5.18. The maximum Gasteiger partial charge on any atom is 0.289 e. The van der Waals surface area contributed by atoms with Crippen LogP contribution in [0.1, 0.15) is 50.5 Å². The molecule has 3 heterocycles. The van der Waals surface area contributed by atoms with E-state index in [1.54, 1.807) is 48.4 Å². The van der Waals surface area contributed by atoms with Gasteiger partial charge in [-0.1, -0.05) is 26.0 Å². The number of carbonyl (C=O) groups is 1. The highest BCUT2D eigenvalue weighted by Gasteiger charge is 2.28. The highest BCUT2D eigenvalue weighted by Crippen LogP contribution is 2.37. The van der Waals surface area contributed by atoms with Gasteiger partial charge in [0.2, 0.25) is 0 Å². The summed E-state index contributed by atoms with van der Waals surface area (Å²) >= 11 is 0. The van der Waals surface area contributed by atoms with Gasteiger partial charge in [-0.3, -0.25) is 4.79 Å². The number of nitrogens with one attached hydrogen (secondary N) is 2. The van der Waals surface area contributed by atoms with Gasteiger partial charge in [0.15, 0.2) is 17.4 Å². The van der Waals surface area contributed by atoms with E-state index >= 15 is 8.78 Å². The smallest absolute Gasteiger partial charge is 0.289 e. The third-order valence-electron chi connectivity index (χ3n) is 7.28. The number of aromatic nitrogens is 1. The van der Waals surface area contributed by atoms with Crippen molar-refractivity contribution in [2.24, 2.45) is 10.4 Å². The summed E-state index contributed by atoms with van der Waals surface area (Å²) in [4.78, 5) is 22.2. The molecule has 2 aromatic carbocycles. The van der Waals surface area contributed by atoms with Crippen LogP contribution in [0.3, 0.4) is 0 Å². The number of carbonyl (C=O) groups excluding carboxylic acids is 1. The molecule has 2 atom stereocenters. The number of anilines is 2. The van der Waals surface area contributed by atoms with Gasteiger partial charge in [0.25, 0.3) is 11.9 Å². The van der Waals surface area contributed by atoms with E-state index in [0.717, 1.165) is 17.7 Å². The summed E-state index contributed by atoms with van der Waals surface area (Å²) in [6.45, 7) is 11.6. The number of halogens is 2. The zero-order valence-electron chi connectivity index (χ0n) is 25.0. The Hall–Kier alpha value is -4.38. The van der Waals surface area contributed by atoms with Crippen molar-refractivity contribution in [3.63, 3.8) is 0 Å². The van der Waals surface area contributed by atoms with Gasteiger partial charge in [-0.25, -0.2) is 13.8 Å². The van der Waals surface area contributed by atoms with Crippen LogP contribution in [0.25, 0.3) is 16.9 Å². The lowest BCUT2D eigenvalue weighted by atomic mass is 9.95. The first-order valence-corrected chi connectivity index (χ1v) is 14.2. The number of hydrogen-bond donors (Lipinski definition) is 3. The molecule has 2 aliphatic rings. The standard InChI is InChI=1S/C32H37F2N5O4/c1-6-26(43-28-24(33)11-22(12-25(28)34)38-31-37-16-32(4,5)17-41-31)27-23(13-36-29(27)35)20-7-9-21(10-8-20)30(40)39-14-18(2)42-19(3)15-39/h6-13,18-19,36H,14-17,35H2,1-5H3,(H,37,38)/b26-6+/t18-,19+. The monoisotopic (exact) mass is 593 g/mol. The van der Waals surface area contributed by atoms with Crippen LogP contribution in [-0.4, -0.2) is 60.3 Å². The maximum absolute atomic E-state index is 15.2. The number of amides is 1. The van der Waals surface area contributed by atoms with Crippen LogP contribution in [0.15, 0.2) is 53.7 Å². The molecule has 0 bridgehead atoms. The van der Waals surface area contributed by atoms with Crippen molar-refractivity contribution in [2.75, 3.05) is 37.3 Å². The molecule has 9 nitrogen and oxygen atoms in total. The van der Waals surface area contributed by atoms with Crippen LogP contribution >= 0.6 is 0 Å². The van der Waals surface area contributed by atoms with E-state index in [2.05, 4.69) is 15.3 Å². The van der Waals surface area contributed by atoms with Gasteiger partial charge in [-0.2, -0.15) is 0 Å². The number of hydrogen-bond acceptors (Lipinski definition) is 7. The predicted octanol–water partition coefficient (Wildman–Crippen LogP) is 6.06. The van der Waals surface area contributed by atoms with Crippen molar-refractivity contribution in [3.8, 4) is 16.9 Å². The zero-order valence-corrected chi connectivity index (χ0v) is 25.0.